The first kappa shape index (κ1) is 14.8. The second-order valence-electron chi connectivity index (χ2n) is 5.06. The van der Waals surface area contributed by atoms with Crippen molar-refractivity contribution in [2.45, 2.75) is 6.54 Å². The molecule has 3 rings (SSSR count). The average molecular weight is 303 g/mol. The maximum atomic E-state index is 12.4. The fourth-order valence-electron chi connectivity index (χ4n) is 2.25. The number of para-hydroxylation sites is 1. The number of hydrogen-bond acceptors (Lipinski definition) is 3. The molecule has 114 valence electrons. The number of anilines is 1. The summed E-state index contributed by atoms with van der Waals surface area (Å²) in [5, 5.41) is 1.83. The van der Waals surface area contributed by atoms with E-state index in [9.17, 15) is 4.79 Å². The van der Waals surface area contributed by atoms with Crippen molar-refractivity contribution >= 4 is 11.6 Å². The Labute approximate surface area is 135 Å². The number of nitrogens with one attached hydrogen (secondary N) is 1. The molecule has 0 aliphatic carbocycles. The summed E-state index contributed by atoms with van der Waals surface area (Å²) in [6, 6.07) is 25.0. The van der Waals surface area contributed by atoms with Gasteiger partial charge in [0.2, 0.25) is 0 Å². The van der Waals surface area contributed by atoms with Gasteiger partial charge in [0.25, 0.3) is 5.91 Å². The molecule has 0 aliphatic rings. The van der Waals surface area contributed by atoms with Crippen molar-refractivity contribution in [3.8, 4) is 0 Å². The Morgan fingerprint density at radius 1 is 0.870 bits per heavy atom. The third-order valence-corrected chi connectivity index (χ3v) is 3.39. The topological polar surface area (TPSA) is 45.2 Å². The molecule has 0 radical (unpaired) electrons. The average Bonchev–Trinajstić information content (AvgIpc) is 2.63. The number of nitrogens with zero attached hydrogens (tertiary/aromatic N) is 2. The van der Waals surface area contributed by atoms with Crippen molar-refractivity contribution in [1.29, 1.82) is 0 Å². The minimum Gasteiger partial charge on any atom is -0.281 e. The smallest absolute Gasteiger partial charge is 0.281 e. The summed E-state index contributed by atoms with van der Waals surface area (Å²) >= 11 is 0. The molecular weight excluding hydrogens is 286 g/mol. The predicted octanol–water partition coefficient (Wildman–Crippen LogP) is 3.43. The summed E-state index contributed by atoms with van der Waals surface area (Å²) < 4.78 is 0. The lowest BCUT2D eigenvalue weighted by atomic mass is 10.2. The van der Waals surface area contributed by atoms with Gasteiger partial charge in [-0.2, -0.15) is 0 Å². The highest BCUT2D eigenvalue weighted by Gasteiger charge is 2.13. The first-order valence-corrected chi connectivity index (χ1v) is 7.41. The van der Waals surface area contributed by atoms with Crippen LogP contribution in [0.5, 0.6) is 0 Å². The van der Waals surface area contributed by atoms with Crippen LogP contribution < -0.4 is 10.4 Å². The van der Waals surface area contributed by atoms with E-state index in [1.165, 1.54) is 0 Å². The number of pyridine rings is 1. The summed E-state index contributed by atoms with van der Waals surface area (Å²) in [6.07, 6.45) is 1.61. The number of aromatic nitrogens is 1. The molecular formula is C19H17N3O. The van der Waals surface area contributed by atoms with Crippen molar-refractivity contribution in [1.82, 2.24) is 10.4 Å². The highest BCUT2D eigenvalue weighted by Crippen LogP contribution is 2.15. The molecule has 2 aromatic carbocycles. The zero-order valence-corrected chi connectivity index (χ0v) is 12.6. The van der Waals surface area contributed by atoms with Gasteiger partial charge in [0.15, 0.2) is 0 Å². The van der Waals surface area contributed by atoms with E-state index in [0.29, 0.717) is 12.2 Å². The van der Waals surface area contributed by atoms with Crippen LogP contribution in [0.15, 0.2) is 85.1 Å². The molecule has 0 fully saturated rings. The number of hydrazine groups is 1. The Hall–Kier alpha value is -3.14. The molecule has 23 heavy (non-hydrogen) atoms. The highest BCUT2D eigenvalue weighted by atomic mass is 16.2. The Bertz CT molecular complexity index is 745. The van der Waals surface area contributed by atoms with E-state index < -0.39 is 0 Å². The Morgan fingerprint density at radius 2 is 1.52 bits per heavy atom. The molecule has 0 saturated carbocycles. The van der Waals surface area contributed by atoms with E-state index in [1.54, 1.807) is 24.4 Å². The Morgan fingerprint density at radius 3 is 2.17 bits per heavy atom. The van der Waals surface area contributed by atoms with Crippen LogP contribution in [0.3, 0.4) is 0 Å². The first-order valence-electron chi connectivity index (χ1n) is 7.41. The van der Waals surface area contributed by atoms with Crippen molar-refractivity contribution < 1.29 is 4.79 Å². The molecule has 0 unspecified atom stereocenters. The standard InChI is InChI=1S/C19H17N3O/c23-19(18-13-7-8-14-20-18)21-22(17-11-5-2-6-12-17)15-16-9-3-1-4-10-16/h1-14H,15H2,(H,21,23). The minimum atomic E-state index is -0.231. The number of amides is 1. The molecule has 1 N–H and O–H groups in total. The van der Waals surface area contributed by atoms with Crippen LogP contribution in [0.2, 0.25) is 0 Å². The zero-order chi connectivity index (χ0) is 15.9. The van der Waals surface area contributed by atoms with Gasteiger partial charge >= 0.3 is 0 Å². The summed E-state index contributed by atoms with van der Waals surface area (Å²) in [4.78, 5) is 16.5. The van der Waals surface area contributed by atoms with Gasteiger partial charge in [0.1, 0.15) is 5.69 Å². The summed E-state index contributed by atoms with van der Waals surface area (Å²) in [5.74, 6) is -0.231. The molecule has 0 atom stereocenters. The molecule has 0 aliphatic heterocycles. The van der Waals surface area contributed by atoms with Crippen LogP contribution >= 0.6 is 0 Å². The summed E-state index contributed by atoms with van der Waals surface area (Å²) in [6.45, 7) is 0.573. The maximum absolute atomic E-state index is 12.4. The maximum Gasteiger partial charge on any atom is 0.288 e. The van der Waals surface area contributed by atoms with Gasteiger partial charge in [0.05, 0.1) is 12.2 Å². The normalized spacial score (nSPS) is 10.1. The van der Waals surface area contributed by atoms with Gasteiger partial charge < -0.3 is 0 Å². The fourth-order valence-corrected chi connectivity index (χ4v) is 2.25. The first-order chi connectivity index (χ1) is 11.3. The highest BCUT2D eigenvalue weighted by molar-refractivity contribution is 5.93. The zero-order valence-electron chi connectivity index (χ0n) is 12.6. The number of hydrogen-bond donors (Lipinski definition) is 1. The van der Waals surface area contributed by atoms with Gasteiger partial charge in [-0.05, 0) is 29.8 Å². The SMILES string of the molecule is O=C(NN(Cc1ccccc1)c1ccccc1)c1ccccn1. The van der Waals surface area contributed by atoms with Crippen LogP contribution in [-0.2, 0) is 6.54 Å². The van der Waals surface area contributed by atoms with Crippen molar-refractivity contribution in [2.24, 2.45) is 0 Å². The molecule has 1 amide bonds. The monoisotopic (exact) mass is 303 g/mol. The molecule has 0 bridgehead atoms. The van der Waals surface area contributed by atoms with E-state index in [1.807, 2.05) is 65.7 Å². The van der Waals surface area contributed by atoms with Crippen LogP contribution in [0.1, 0.15) is 16.1 Å². The van der Waals surface area contributed by atoms with Gasteiger partial charge in [-0.3, -0.25) is 20.2 Å². The second kappa shape index (κ2) is 7.22. The van der Waals surface area contributed by atoms with Crippen molar-refractivity contribution in [3.05, 3.63) is 96.3 Å². The fraction of sp³-hybridized carbons (Fsp3) is 0.0526. The number of benzene rings is 2. The lowest BCUT2D eigenvalue weighted by Gasteiger charge is -2.25. The molecule has 4 heteroatoms. The van der Waals surface area contributed by atoms with E-state index in [4.69, 9.17) is 0 Å². The molecule has 0 spiro atoms. The molecule has 1 aromatic heterocycles. The van der Waals surface area contributed by atoms with Gasteiger partial charge in [0, 0.05) is 6.20 Å². The largest absolute Gasteiger partial charge is 0.288 e. The van der Waals surface area contributed by atoms with Crippen LogP contribution in [0.25, 0.3) is 0 Å². The molecule has 4 nitrogen and oxygen atoms in total. The lowest BCUT2D eigenvalue weighted by molar-refractivity contribution is 0.0943. The third-order valence-electron chi connectivity index (χ3n) is 3.39. The summed E-state index contributed by atoms with van der Waals surface area (Å²) in [5.41, 5.74) is 5.35. The van der Waals surface area contributed by atoms with Crippen LogP contribution in [0, 0.1) is 0 Å². The lowest BCUT2D eigenvalue weighted by Crippen LogP contribution is -2.42. The van der Waals surface area contributed by atoms with E-state index in [-0.39, 0.29) is 5.91 Å². The Kier molecular flexibility index (Phi) is 4.64. The van der Waals surface area contributed by atoms with E-state index in [0.717, 1.165) is 11.3 Å². The van der Waals surface area contributed by atoms with Crippen molar-refractivity contribution in [2.75, 3.05) is 5.01 Å². The van der Waals surface area contributed by atoms with Crippen LogP contribution in [0.4, 0.5) is 5.69 Å². The number of rotatable bonds is 5. The quantitative estimate of drug-likeness (QED) is 0.734. The molecule has 3 aromatic rings. The minimum absolute atomic E-state index is 0.231. The van der Waals surface area contributed by atoms with Crippen LogP contribution in [-0.4, -0.2) is 10.9 Å². The van der Waals surface area contributed by atoms with Gasteiger partial charge in [-0.25, -0.2) is 0 Å². The third kappa shape index (κ3) is 3.95. The molecule has 0 saturated heterocycles. The van der Waals surface area contributed by atoms with E-state index in [2.05, 4.69) is 10.4 Å². The Balaban J connectivity index is 1.82. The molecule has 1 heterocycles. The number of carbonyl (C=O) groups is 1. The van der Waals surface area contributed by atoms with Gasteiger partial charge in [-0.15, -0.1) is 0 Å². The number of carbonyl (C=O) groups excluding carboxylic acids is 1. The van der Waals surface area contributed by atoms with Crippen molar-refractivity contribution in [3.63, 3.8) is 0 Å². The van der Waals surface area contributed by atoms with Gasteiger partial charge in [-0.1, -0.05) is 54.6 Å². The predicted molar refractivity (Wildman–Crippen MR) is 90.8 cm³/mol. The summed E-state index contributed by atoms with van der Waals surface area (Å²) in [7, 11) is 0. The second-order valence-corrected chi connectivity index (χ2v) is 5.06. The van der Waals surface area contributed by atoms with E-state index >= 15 is 0 Å².